The van der Waals surface area contributed by atoms with Gasteiger partial charge in [-0.15, -0.1) is 0 Å². The van der Waals surface area contributed by atoms with Crippen LogP contribution in [0.5, 0.6) is 17.2 Å². The van der Waals surface area contributed by atoms with Crippen LogP contribution in [0.2, 0.25) is 0 Å². The number of allylic oxidation sites excluding steroid dienone is 1. The van der Waals surface area contributed by atoms with E-state index in [1.54, 1.807) is 55.7 Å². The number of carbonyl (C=O) groups is 2. The first-order valence-corrected chi connectivity index (χ1v) is 9.07. The number of ketones is 2. The summed E-state index contributed by atoms with van der Waals surface area (Å²) in [6.07, 6.45) is 1.67. The second kappa shape index (κ2) is 8.02. The maximum Gasteiger partial charge on any atom is 0.231 e. The minimum absolute atomic E-state index is 0.0940. The van der Waals surface area contributed by atoms with Crippen LogP contribution in [-0.4, -0.2) is 25.3 Å². The summed E-state index contributed by atoms with van der Waals surface area (Å²) < 4.78 is 16.5. The molecule has 29 heavy (non-hydrogen) atoms. The zero-order valence-electron chi connectivity index (χ0n) is 15.8. The zero-order chi connectivity index (χ0) is 20.2. The molecular formula is C24H18O5. The molecule has 0 amide bonds. The highest BCUT2D eigenvalue weighted by atomic mass is 16.5. The van der Waals surface area contributed by atoms with Crippen molar-refractivity contribution < 1.29 is 23.8 Å². The number of carbonyl (C=O) groups excluding carboxylic acids is 2. The van der Waals surface area contributed by atoms with Crippen molar-refractivity contribution in [2.75, 3.05) is 13.7 Å². The van der Waals surface area contributed by atoms with Gasteiger partial charge in [-0.25, -0.2) is 0 Å². The predicted octanol–water partition coefficient (Wildman–Crippen LogP) is 4.57. The molecule has 0 saturated heterocycles. The molecule has 0 fully saturated rings. The van der Waals surface area contributed by atoms with Gasteiger partial charge in [-0.1, -0.05) is 42.5 Å². The van der Waals surface area contributed by atoms with Gasteiger partial charge in [0.25, 0.3) is 0 Å². The molecule has 0 aromatic heterocycles. The number of fused-ring (bicyclic) bond motifs is 1. The Labute approximate surface area is 168 Å². The number of ether oxygens (including phenoxy) is 3. The molecular weight excluding hydrogens is 368 g/mol. The molecule has 0 aliphatic carbocycles. The van der Waals surface area contributed by atoms with Crippen LogP contribution in [0.4, 0.5) is 0 Å². The summed E-state index contributed by atoms with van der Waals surface area (Å²) in [5.41, 5.74) is 1.84. The number of hydrogen-bond donors (Lipinski definition) is 0. The Kier molecular flexibility index (Phi) is 5.12. The number of Topliss-reactive ketones (excluding diaryl/α,β-unsaturated/α-hetero) is 2. The van der Waals surface area contributed by atoms with E-state index in [0.29, 0.717) is 28.4 Å². The third-order valence-electron chi connectivity index (χ3n) is 4.50. The van der Waals surface area contributed by atoms with Crippen LogP contribution in [0.15, 0.2) is 78.6 Å². The van der Waals surface area contributed by atoms with Crippen molar-refractivity contribution in [2.45, 2.75) is 0 Å². The zero-order valence-corrected chi connectivity index (χ0v) is 15.8. The van der Waals surface area contributed by atoms with Gasteiger partial charge in [-0.3, -0.25) is 9.59 Å². The van der Waals surface area contributed by atoms with Crippen molar-refractivity contribution in [1.82, 2.24) is 0 Å². The van der Waals surface area contributed by atoms with Gasteiger partial charge >= 0.3 is 0 Å². The fourth-order valence-electron chi connectivity index (χ4n) is 3.00. The molecule has 5 nitrogen and oxygen atoms in total. The molecule has 1 aliphatic rings. The molecule has 0 saturated carbocycles. The molecule has 5 heteroatoms. The summed E-state index contributed by atoms with van der Waals surface area (Å²) in [6.45, 7) is -0.0940. The molecule has 0 bridgehead atoms. The fourth-order valence-corrected chi connectivity index (χ4v) is 3.00. The molecule has 144 valence electrons. The first kappa shape index (κ1) is 18.5. The standard InChI is InChI=1S/C24H18O5/c1-27-18-9-5-6-16(12-18)13-23-24(26)20-11-10-19(14-22(20)29-23)28-15-21(25)17-7-3-2-4-8-17/h2-14H,15H2,1H3/b23-13+. The SMILES string of the molecule is COc1cccc(/C=C2/Oc3cc(OCC(=O)c4ccccc4)ccc3C2=O)c1. The Morgan fingerprint density at radius 3 is 2.59 bits per heavy atom. The Morgan fingerprint density at radius 1 is 0.966 bits per heavy atom. The quantitative estimate of drug-likeness (QED) is 0.459. The van der Waals surface area contributed by atoms with Crippen molar-refractivity contribution in [3.8, 4) is 17.2 Å². The van der Waals surface area contributed by atoms with Gasteiger partial charge in [-0.05, 0) is 35.9 Å². The van der Waals surface area contributed by atoms with Crippen molar-refractivity contribution in [1.29, 1.82) is 0 Å². The maximum absolute atomic E-state index is 12.6. The Balaban J connectivity index is 1.48. The average Bonchev–Trinajstić information content (AvgIpc) is 3.07. The van der Waals surface area contributed by atoms with Crippen LogP contribution < -0.4 is 14.2 Å². The van der Waals surface area contributed by atoms with Gasteiger partial charge in [0.15, 0.2) is 18.1 Å². The van der Waals surface area contributed by atoms with Crippen molar-refractivity contribution in [3.05, 3.63) is 95.2 Å². The molecule has 3 aromatic carbocycles. The van der Waals surface area contributed by atoms with Gasteiger partial charge in [0.2, 0.25) is 5.78 Å². The Hall–Kier alpha value is -3.86. The fraction of sp³-hybridized carbons (Fsp3) is 0.0833. The van der Waals surface area contributed by atoms with Gasteiger partial charge in [0.1, 0.15) is 17.2 Å². The summed E-state index contributed by atoms with van der Waals surface area (Å²) >= 11 is 0. The second-order valence-corrected chi connectivity index (χ2v) is 6.45. The third-order valence-corrected chi connectivity index (χ3v) is 4.50. The van der Waals surface area contributed by atoms with Crippen LogP contribution in [-0.2, 0) is 0 Å². The van der Waals surface area contributed by atoms with Gasteiger partial charge in [-0.2, -0.15) is 0 Å². The normalized spacial score (nSPS) is 13.7. The maximum atomic E-state index is 12.6. The summed E-state index contributed by atoms with van der Waals surface area (Å²) in [7, 11) is 1.59. The highest BCUT2D eigenvalue weighted by molar-refractivity contribution is 6.14. The van der Waals surface area contributed by atoms with Gasteiger partial charge < -0.3 is 14.2 Å². The van der Waals surface area contributed by atoms with E-state index >= 15 is 0 Å². The van der Waals surface area contributed by atoms with E-state index in [2.05, 4.69) is 0 Å². The van der Waals surface area contributed by atoms with E-state index in [9.17, 15) is 9.59 Å². The molecule has 0 unspecified atom stereocenters. The first-order chi connectivity index (χ1) is 14.1. The summed E-state index contributed by atoms with van der Waals surface area (Å²) in [4.78, 5) is 24.8. The largest absolute Gasteiger partial charge is 0.497 e. The first-order valence-electron chi connectivity index (χ1n) is 9.07. The Morgan fingerprint density at radius 2 is 1.79 bits per heavy atom. The predicted molar refractivity (Wildman–Crippen MR) is 109 cm³/mol. The number of methoxy groups -OCH3 is 1. The molecule has 0 radical (unpaired) electrons. The number of hydrogen-bond acceptors (Lipinski definition) is 5. The molecule has 3 aromatic rings. The van der Waals surface area contributed by atoms with E-state index in [1.165, 1.54) is 0 Å². The van der Waals surface area contributed by atoms with E-state index < -0.39 is 0 Å². The Bertz CT molecular complexity index is 1100. The van der Waals surface area contributed by atoms with Crippen molar-refractivity contribution in [3.63, 3.8) is 0 Å². The molecule has 1 aliphatic heterocycles. The highest BCUT2D eigenvalue weighted by Crippen LogP contribution is 2.35. The highest BCUT2D eigenvalue weighted by Gasteiger charge is 2.27. The lowest BCUT2D eigenvalue weighted by molar-refractivity contribution is 0.0921. The molecule has 0 atom stereocenters. The minimum atomic E-state index is -0.199. The van der Waals surface area contributed by atoms with E-state index in [-0.39, 0.29) is 23.9 Å². The average molecular weight is 386 g/mol. The van der Waals surface area contributed by atoms with Crippen LogP contribution in [0, 0.1) is 0 Å². The minimum Gasteiger partial charge on any atom is -0.497 e. The molecule has 0 N–H and O–H groups in total. The topological polar surface area (TPSA) is 61.8 Å². The number of benzene rings is 3. The van der Waals surface area contributed by atoms with Crippen LogP contribution >= 0.6 is 0 Å². The van der Waals surface area contributed by atoms with E-state index in [1.807, 2.05) is 30.3 Å². The van der Waals surface area contributed by atoms with Crippen molar-refractivity contribution >= 4 is 17.6 Å². The van der Waals surface area contributed by atoms with Crippen molar-refractivity contribution in [2.24, 2.45) is 0 Å². The number of rotatable bonds is 6. The summed E-state index contributed by atoms with van der Waals surface area (Å²) in [5.74, 6) is 1.47. The summed E-state index contributed by atoms with van der Waals surface area (Å²) in [6, 6.07) is 21.2. The van der Waals surface area contributed by atoms with E-state index in [0.717, 1.165) is 5.56 Å². The molecule has 0 spiro atoms. The van der Waals surface area contributed by atoms with Gasteiger partial charge in [0, 0.05) is 11.6 Å². The second-order valence-electron chi connectivity index (χ2n) is 6.45. The molecule has 1 heterocycles. The van der Waals surface area contributed by atoms with Crippen LogP contribution in [0.1, 0.15) is 26.3 Å². The third kappa shape index (κ3) is 4.04. The van der Waals surface area contributed by atoms with Gasteiger partial charge in [0.05, 0.1) is 12.7 Å². The lowest BCUT2D eigenvalue weighted by Gasteiger charge is -2.07. The smallest absolute Gasteiger partial charge is 0.231 e. The monoisotopic (exact) mass is 386 g/mol. The van der Waals surface area contributed by atoms with Crippen LogP contribution in [0.3, 0.4) is 0 Å². The lowest BCUT2D eigenvalue weighted by atomic mass is 10.1. The summed E-state index contributed by atoms with van der Waals surface area (Å²) in [5, 5.41) is 0. The molecule has 4 rings (SSSR count). The van der Waals surface area contributed by atoms with Crippen LogP contribution in [0.25, 0.3) is 6.08 Å². The lowest BCUT2D eigenvalue weighted by Crippen LogP contribution is -2.11. The van der Waals surface area contributed by atoms with E-state index in [4.69, 9.17) is 14.2 Å².